The maximum atomic E-state index is 11.4. The first-order valence-corrected chi connectivity index (χ1v) is 6.08. The summed E-state index contributed by atoms with van der Waals surface area (Å²) in [7, 11) is 3.49. The van der Waals surface area contributed by atoms with Crippen molar-refractivity contribution in [1.82, 2.24) is 4.90 Å². The van der Waals surface area contributed by atoms with Crippen LogP contribution in [0.1, 0.15) is 24.0 Å². The lowest BCUT2D eigenvalue weighted by Crippen LogP contribution is -2.21. The van der Waals surface area contributed by atoms with Crippen LogP contribution in [0.25, 0.3) is 0 Å². The van der Waals surface area contributed by atoms with Gasteiger partial charge in [-0.1, -0.05) is 17.7 Å². The zero-order chi connectivity index (χ0) is 13.5. The maximum absolute atomic E-state index is 11.4. The van der Waals surface area contributed by atoms with E-state index in [0.29, 0.717) is 25.2 Å². The van der Waals surface area contributed by atoms with Gasteiger partial charge in [-0.2, -0.15) is 0 Å². The van der Waals surface area contributed by atoms with E-state index in [0.717, 1.165) is 11.1 Å². The van der Waals surface area contributed by atoms with Crippen molar-refractivity contribution in [3.8, 4) is 5.75 Å². The van der Waals surface area contributed by atoms with Crippen molar-refractivity contribution >= 4 is 5.91 Å². The number of nitrogens with zero attached hydrogens (tertiary/aromatic N) is 1. The van der Waals surface area contributed by atoms with Crippen LogP contribution in [0.5, 0.6) is 5.75 Å². The highest BCUT2D eigenvalue weighted by molar-refractivity contribution is 5.75. The Morgan fingerprint density at radius 3 is 2.72 bits per heavy atom. The van der Waals surface area contributed by atoms with Crippen molar-refractivity contribution < 1.29 is 14.6 Å². The smallest absolute Gasteiger partial charge is 0.222 e. The molecule has 18 heavy (non-hydrogen) atoms. The SMILES string of the molecule is Cc1ccc(OCCCC(=O)N(C)C)c(CO)c1. The van der Waals surface area contributed by atoms with Crippen LogP contribution in [-0.2, 0) is 11.4 Å². The van der Waals surface area contributed by atoms with Crippen LogP contribution >= 0.6 is 0 Å². The molecule has 1 aromatic carbocycles. The first-order valence-electron chi connectivity index (χ1n) is 6.08. The topological polar surface area (TPSA) is 49.8 Å². The lowest BCUT2D eigenvalue weighted by molar-refractivity contribution is -0.128. The van der Waals surface area contributed by atoms with Gasteiger partial charge in [0, 0.05) is 26.1 Å². The van der Waals surface area contributed by atoms with Crippen LogP contribution in [0, 0.1) is 6.92 Å². The molecule has 0 saturated heterocycles. The van der Waals surface area contributed by atoms with Crippen LogP contribution in [0.3, 0.4) is 0 Å². The molecule has 0 atom stereocenters. The number of aryl methyl sites for hydroxylation is 1. The second kappa shape index (κ2) is 7.01. The molecule has 0 radical (unpaired) electrons. The summed E-state index contributed by atoms with van der Waals surface area (Å²) in [5.74, 6) is 0.797. The molecule has 1 aromatic rings. The van der Waals surface area contributed by atoms with E-state index in [2.05, 4.69) is 0 Å². The predicted molar refractivity (Wildman–Crippen MR) is 70.5 cm³/mol. The van der Waals surface area contributed by atoms with Gasteiger partial charge in [-0.3, -0.25) is 4.79 Å². The molecule has 0 aliphatic heterocycles. The Morgan fingerprint density at radius 2 is 2.11 bits per heavy atom. The summed E-state index contributed by atoms with van der Waals surface area (Å²) in [6.45, 7) is 2.42. The van der Waals surface area contributed by atoms with Crippen LogP contribution < -0.4 is 4.74 Å². The molecule has 0 aliphatic rings. The Hall–Kier alpha value is -1.55. The fourth-order valence-electron chi connectivity index (χ4n) is 1.60. The van der Waals surface area contributed by atoms with Crippen LogP contribution in [-0.4, -0.2) is 36.6 Å². The monoisotopic (exact) mass is 251 g/mol. The molecule has 0 fully saturated rings. The van der Waals surface area contributed by atoms with Gasteiger partial charge in [0.25, 0.3) is 0 Å². The van der Waals surface area contributed by atoms with E-state index < -0.39 is 0 Å². The quantitative estimate of drug-likeness (QED) is 0.783. The predicted octanol–water partition coefficient (Wildman–Crippen LogP) is 1.73. The largest absolute Gasteiger partial charge is 0.493 e. The summed E-state index contributed by atoms with van der Waals surface area (Å²) in [6.07, 6.45) is 1.16. The average molecular weight is 251 g/mol. The number of rotatable bonds is 6. The lowest BCUT2D eigenvalue weighted by atomic mass is 10.1. The minimum Gasteiger partial charge on any atom is -0.493 e. The van der Waals surface area contributed by atoms with E-state index in [-0.39, 0.29) is 12.5 Å². The molecule has 4 heteroatoms. The molecule has 0 spiro atoms. The minimum absolute atomic E-state index is 0.0341. The number of amides is 1. The molecule has 4 nitrogen and oxygen atoms in total. The summed E-state index contributed by atoms with van der Waals surface area (Å²) >= 11 is 0. The van der Waals surface area contributed by atoms with E-state index in [9.17, 15) is 9.90 Å². The van der Waals surface area contributed by atoms with E-state index in [1.807, 2.05) is 25.1 Å². The van der Waals surface area contributed by atoms with Crippen molar-refractivity contribution in [3.05, 3.63) is 29.3 Å². The zero-order valence-electron chi connectivity index (χ0n) is 11.3. The summed E-state index contributed by atoms with van der Waals surface area (Å²) in [5.41, 5.74) is 1.88. The third-order valence-corrected chi connectivity index (χ3v) is 2.68. The number of hydrogen-bond acceptors (Lipinski definition) is 3. The van der Waals surface area contributed by atoms with E-state index >= 15 is 0 Å². The Bertz CT molecular complexity index is 402. The van der Waals surface area contributed by atoms with Crippen molar-refractivity contribution in [2.45, 2.75) is 26.4 Å². The molecule has 0 bridgehead atoms. The van der Waals surface area contributed by atoms with Gasteiger partial charge >= 0.3 is 0 Å². The zero-order valence-corrected chi connectivity index (χ0v) is 11.3. The third kappa shape index (κ3) is 4.37. The van der Waals surface area contributed by atoms with Gasteiger partial charge in [-0.15, -0.1) is 0 Å². The molecule has 0 heterocycles. The Kier molecular flexibility index (Phi) is 5.65. The molecule has 0 aromatic heterocycles. The number of benzene rings is 1. The van der Waals surface area contributed by atoms with Gasteiger partial charge in [-0.25, -0.2) is 0 Å². The number of aliphatic hydroxyl groups excluding tert-OH is 1. The average Bonchev–Trinajstić information content (AvgIpc) is 2.35. The number of carbonyl (C=O) groups is 1. The molecule has 1 N–H and O–H groups in total. The van der Waals surface area contributed by atoms with Crippen molar-refractivity contribution in [2.75, 3.05) is 20.7 Å². The Morgan fingerprint density at radius 1 is 1.39 bits per heavy atom. The number of ether oxygens (including phenoxy) is 1. The highest BCUT2D eigenvalue weighted by atomic mass is 16.5. The van der Waals surface area contributed by atoms with E-state index in [1.165, 1.54) is 0 Å². The molecular weight excluding hydrogens is 230 g/mol. The molecule has 1 amide bonds. The lowest BCUT2D eigenvalue weighted by Gasteiger charge is -2.12. The van der Waals surface area contributed by atoms with Gasteiger partial charge in [0.15, 0.2) is 0 Å². The van der Waals surface area contributed by atoms with Gasteiger partial charge in [0.05, 0.1) is 13.2 Å². The molecule has 0 unspecified atom stereocenters. The van der Waals surface area contributed by atoms with Crippen LogP contribution in [0.4, 0.5) is 0 Å². The maximum Gasteiger partial charge on any atom is 0.222 e. The summed E-state index contributed by atoms with van der Waals surface area (Å²) in [5, 5.41) is 9.22. The summed E-state index contributed by atoms with van der Waals surface area (Å²) in [6, 6.07) is 5.70. The number of hydrogen-bond donors (Lipinski definition) is 1. The van der Waals surface area contributed by atoms with Gasteiger partial charge in [0.2, 0.25) is 5.91 Å². The number of aliphatic hydroxyl groups is 1. The molecular formula is C14H21NO3. The van der Waals surface area contributed by atoms with Crippen molar-refractivity contribution in [2.24, 2.45) is 0 Å². The normalized spacial score (nSPS) is 10.2. The fraction of sp³-hybridized carbons (Fsp3) is 0.500. The first-order chi connectivity index (χ1) is 8.54. The molecule has 0 saturated carbocycles. The standard InChI is InChI=1S/C14H21NO3/c1-11-6-7-13(12(9-11)10-16)18-8-4-5-14(17)15(2)3/h6-7,9,16H,4-5,8,10H2,1-3H3. The Balaban J connectivity index is 2.42. The fourth-order valence-corrected chi connectivity index (χ4v) is 1.60. The molecule has 100 valence electrons. The highest BCUT2D eigenvalue weighted by Crippen LogP contribution is 2.20. The minimum atomic E-state index is -0.0341. The van der Waals surface area contributed by atoms with Gasteiger partial charge < -0.3 is 14.7 Å². The highest BCUT2D eigenvalue weighted by Gasteiger charge is 2.05. The second-order valence-electron chi connectivity index (χ2n) is 4.51. The van der Waals surface area contributed by atoms with Gasteiger partial charge in [-0.05, 0) is 19.4 Å². The van der Waals surface area contributed by atoms with Crippen LogP contribution in [0.2, 0.25) is 0 Å². The van der Waals surface area contributed by atoms with Crippen LogP contribution in [0.15, 0.2) is 18.2 Å². The number of carbonyl (C=O) groups excluding carboxylic acids is 1. The summed E-state index contributed by atoms with van der Waals surface area (Å²) in [4.78, 5) is 12.9. The van der Waals surface area contributed by atoms with Gasteiger partial charge in [0.1, 0.15) is 5.75 Å². The molecule has 1 rings (SSSR count). The first kappa shape index (κ1) is 14.5. The van der Waals surface area contributed by atoms with E-state index in [1.54, 1.807) is 19.0 Å². The molecule has 0 aliphatic carbocycles. The van der Waals surface area contributed by atoms with Crippen molar-refractivity contribution in [1.29, 1.82) is 0 Å². The van der Waals surface area contributed by atoms with E-state index in [4.69, 9.17) is 4.74 Å². The second-order valence-corrected chi connectivity index (χ2v) is 4.51. The third-order valence-electron chi connectivity index (χ3n) is 2.68. The Labute approximate surface area is 108 Å². The summed E-state index contributed by atoms with van der Waals surface area (Å²) < 4.78 is 5.58. The van der Waals surface area contributed by atoms with Crippen molar-refractivity contribution in [3.63, 3.8) is 0 Å².